The highest BCUT2D eigenvalue weighted by Gasteiger charge is 2.23. The molecular formula is C19H18N4. The lowest BCUT2D eigenvalue weighted by Gasteiger charge is -2.11. The fourth-order valence-electron chi connectivity index (χ4n) is 3.88. The summed E-state index contributed by atoms with van der Waals surface area (Å²) in [6.07, 6.45) is 12.1. The van der Waals surface area contributed by atoms with Gasteiger partial charge in [0.15, 0.2) is 5.65 Å². The van der Waals surface area contributed by atoms with Gasteiger partial charge in [-0.25, -0.2) is 9.50 Å². The highest BCUT2D eigenvalue weighted by molar-refractivity contribution is 5.82. The number of imidazole rings is 1. The van der Waals surface area contributed by atoms with E-state index in [2.05, 4.69) is 28.3 Å². The molecule has 4 heteroatoms. The molecule has 0 amide bonds. The van der Waals surface area contributed by atoms with Crippen molar-refractivity contribution in [3.05, 3.63) is 65.4 Å². The Morgan fingerprint density at radius 2 is 1.96 bits per heavy atom. The van der Waals surface area contributed by atoms with E-state index in [-0.39, 0.29) is 0 Å². The fourth-order valence-corrected chi connectivity index (χ4v) is 3.88. The third-order valence-electron chi connectivity index (χ3n) is 5.09. The van der Waals surface area contributed by atoms with Gasteiger partial charge in [0.25, 0.3) is 0 Å². The Bertz CT molecular complexity index is 916. The molecule has 4 nitrogen and oxygen atoms in total. The lowest BCUT2D eigenvalue weighted by molar-refractivity contribution is 0.693. The predicted octanol–water partition coefficient (Wildman–Crippen LogP) is 3.77. The highest BCUT2D eigenvalue weighted by atomic mass is 15.2. The van der Waals surface area contributed by atoms with E-state index in [1.807, 2.05) is 22.8 Å². The third-order valence-corrected chi connectivity index (χ3v) is 5.09. The van der Waals surface area contributed by atoms with Crippen LogP contribution in [-0.2, 0) is 6.42 Å². The lowest BCUT2D eigenvalue weighted by atomic mass is 10.0. The van der Waals surface area contributed by atoms with Crippen LogP contribution in [0.15, 0.2) is 42.7 Å². The Hall–Kier alpha value is -2.49. The molecule has 2 aliphatic rings. The molecule has 1 fully saturated rings. The normalized spacial score (nSPS) is 17.7. The zero-order valence-corrected chi connectivity index (χ0v) is 12.9. The van der Waals surface area contributed by atoms with Gasteiger partial charge in [-0.3, -0.25) is 4.98 Å². The summed E-state index contributed by atoms with van der Waals surface area (Å²) in [5, 5.41) is 4.67. The largest absolute Gasteiger partial charge is 0.257 e. The maximum absolute atomic E-state index is 4.96. The summed E-state index contributed by atoms with van der Waals surface area (Å²) in [6, 6.07) is 8.54. The van der Waals surface area contributed by atoms with Crippen molar-refractivity contribution in [1.29, 1.82) is 0 Å². The first-order valence-electron chi connectivity index (χ1n) is 8.39. The molecule has 0 aromatic carbocycles. The van der Waals surface area contributed by atoms with Crippen molar-refractivity contribution >= 4 is 11.2 Å². The Morgan fingerprint density at radius 1 is 1.04 bits per heavy atom. The molecule has 0 N–H and O–H groups in total. The van der Waals surface area contributed by atoms with Gasteiger partial charge in [-0.15, -0.1) is 0 Å². The number of aromatic nitrogens is 4. The Kier molecular flexibility index (Phi) is 2.83. The molecule has 0 atom stereocenters. The summed E-state index contributed by atoms with van der Waals surface area (Å²) >= 11 is 0. The van der Waals surface area contributed by atoms with E-state index < -0.39 is 0 Å². The Balaban J connectivity index is 1.52. The lowest BCUT2D eigenvalue weighted by Crippen LogP contribution is -2.01. The molecule has 3 heterocycles. The molecule has 3 aromatic heterocycles. The number of rotatable bonds is 2. The van der Waals surface area contributed by atoms with E-state index >= 15 is 0 Å². The first-order valence-corrected chi connectivity index (χ1v) is 8.39. The summed E-state index contributed by atoms with van der Waals surface area (Å²) in [5.74, 6) is 0.671. The van der Waals surface area contributed by atoms with Gasteiger partial charge in [0.2, 0.25) is 0 Å². The Labute approximate surface area is 134 Å². The Morgan fingerprint density at radius 3 is 2.87 bits per heavy atom. The molecule has 0 aliphatic heterocycles. The van der Waals surface area contributed by atoms with Gasteiger partial charge in [-0.1, -0.05) is 25.0 Å². The quantitative estimate of drug-likeness (QED) is 0.723. The van der Waals surface area contributed by atoms with Crippen LogP contribution in [0.4, 0.5) is 0 Å². The van der Waals surface area contributed by atoms with E-state index in [4.69, 9.17) is 4.98 Å². The topological polar surface area (TPSA) is 43.1 Å². The maximum Gasteiger partial charge on any atom is 0.153 e. The van der Waals surface area contributed by atoms with Gasteiger partial charge in [0.1, 0.15) is 0 Å². The van der Waals surface area contributed by atoms with Crippen molar-refractivity contribution in [2.24, 2.45) is 0 Å². The van der Waals surface area contributed by atoms with Crippen molar-refractivity contribution in [2.45, 2.75) is 38.0 Å². The van der Waals surface area contributed by atoms with Gasteiger partial charge in [0, 0.05) is 41.6 Å². The van der Waals surface area contributed by atoms with Crippen LogP contribution in [0.1, 0.15) is 54.2 Å². The molecular weight excluding hydrogens is 284 g/mol. The second-order valence-corrected chi connectivity index (χ2v) is 6.48. The molecule has 114 valence electrons. The fraction of sp³-hybridized carbons (Fsp3) is 0.316. The molecule has 23 heavy (non-hydrogen) atoms. The van der Waals surface area contributed by atoms with Crippen LogP contribution in [0.3, 0.4) is 0 Å². The van der Waals surface area contributed by atoms with Gasteiger partial charge in [0.05, 0.1) is 11.4 Å². The van der Waals surface area contributed by atoms with Crippen molar-refractivity contribution in [1.82, 2.24) is 19.6 Å². The summed E-state index contributed by atoms with van der Waals surface area (Å²) in [4.78, 5) is 9.22. The smallest absolute Gasteiger partial charge is 0.153 e. The number of hydrogen-bond acceptors (Lipinski definition) is 3. The van der Waals surface area contributed by atoms with E-state index in [1.165, 1.54) is 48.2 Å². The molecule has 2 aliphatic carbocycles. The maximum atomic E-state index is 4.96. The van der Waals surface area contributed by atoms with E-state index in [0.29, 0.717) is 5.92 Å². The van der Waals surface area contributed by atoms with Gasteiger partial charge < -0.3 is 0 Å². The van der Waals surface area contributed by atoms with Crippen molar-refractivity contribution in [3.8, 4) is 0 Å². The first kappa shape index (κ1) is 13.0. The van der Waals surface area contributed by atoms with E-state index in [1.54, 1.807) is 6.20 Å². The molecule has 0 saturated heterocycles. The standard InChI is InChI=1S/C19H18N4/c1-2-4-13(3-1)16-7-5-14-15(6-8-17(14)21-16)18-9-10-19-20-11-12-23(19)22-18/h5-7,9-13H,1-4,8H2. The SMILES string of the molecule is C1=C(c2ccc3nccn3n2)c2ccc(C3CCCC3)nc2C1. The van der Waals surface area contributed by atoms with E-state index in [9.17, 15) is 0 Å². The van der Waals surface area contributed by atoms with Crippen molar-refractivity contribution in [3.63, 3.8) is 0 Å². The number of nitrogens with zero attached hydrogens (tertiary/aromatic N) is 4. The second-order valence-electron chi connectivity index (χ2n) is 6.48. The minimum absolute atomic E-state index is 0.671. The number of hydrogen-bond donors (Lipinski definition) is 0. The van der Waals surface area contributed by atoms with Crippen LogP contribution in [0.5, 0.6) is 0 Å². The zero-order chi connectivity index (χ0) is 15.2. The summed E-state index contributed by atoms with van der Waals surface area (Å²) in [5.41, 5.74) is 6.79. The second kappa shape index (κ2) is 5.01. The minimum Gasteiger partial charge on any atom is -0.257 e. The average molecular weight is 302 g/mol. The van der Waals surface area contributed by atoms with Crippen LogP contribution < -0.4 is 0 Å². The number of fused-ring (bicyclic) bond motifs is 2. The van der Waals surface area contributed by atoms with E-state index in [0.717, 1.165) is 17.8 Å². The predicted molar refractivity (Wildman–Crippen MR) is 89.2 cm³/mol. The summed E-state index contributed by atoms with van der Waals surface area (Å²) in [7, 11) is 0. The molecule has 0 bridgehead atoms. The third kappa shape index (κ3) is 2.09. The number of pyridine rings is 1. The van der Waals surface area contributed by atoms with Crippen LogP contribution in [0.25, 0.3) is 11.2 Å². The van der Waals surface area contributed by atoms with Crippen LogP contribution >= 0.6 is 0 Å². The molecule has 0 unspecified atom stereocenters. The van der Waals surface area contributed by atoms with Crippen LogP contribution in [0, 0.1) is 0 Å². The molecule has 5 rings (SSSR count). The molecule has 0 radical (unpaired) electrons. The molecule has 1 saturated carbocycles. The monoisotopic (exact) mass is 302 g/mol. The summed E-state index contributed by atoms with van der Waals surface area (Å²) in [6.45, 7) is 0. The van der Waals surface area contributed by atoms with Gasteiger partial charge in [-0.05, 0) is 31.0 Å². The molecule has 0 spiro atoms. The first-order chi connectivity index (χ1) is 11.4. The molecule has 3 aromatic rings. The van der Waals surface area contributed by atoms with Crippen molar-refractivity contribution in [2.75, 3.05) is 0 Å². The number of allylic oxidation sites excluding steroid dienone is 1. The van der Waals surface area contributed by atoms with Crippen LogP contribution in [0.2, 0.25) is 0 Å². The van der Waals surface area contributed by atoms with Crippen molar-refractivity contribution < 1.29 is 0 Å². The van der Waals surface area contributed by atoms with Crippen LogP contribution in [-0.4, -0.2) is 19.6 Å². The average Bonchev–Trinajstić information content (AvgIpc) is 3.32. The van der Waals surface area contributed by atoms with Gasteiger partial charge in [-0.2, -0.15) is 5.10 Å². The van der Waals surface area contributed by atoms with Gasteiger partial charge >= 0.3 is 0 Å². The zero-order valence-electron chi connectivity index (χ0n) is 12.9. The minimum atomic E-state index is 0.671. The highest BCUT2D eigenvalue weighted by Crippen LogP contribution is 2.36. The summed E-state index contributed by atoms with van der Waals surface area (Å²) < 4.78 is 1.83.